The summed E-state index contributed by atoms with van der Waals surface area (Å²) in [6, 6.07) is 11.7. The van der Waals surface area contributed by atoms with E-state index in [1.807, 2.05) is 43.3 Å². The second-order valence-corrected chi connectivity index (χ2v) is 7.42. The minimum absolute atomic E-state index is 0.345. The highest BCUT2D eigenvalue weighted by Gasteiger charge is 2.34. The summed E-state index contributed by atoms with van der Waals surface area (Å²) in [5.41, 5.74) is 2.15. The first-order chi connectivity index (χ1) is 12.5. The molecule has 1 aromatic carbocycles. The summed E-state index contributed by atoms with van der Waals surface area (Å²) in [6.45, 7) is 1.91. The molecule has 0 aliphatic heterocycles. The Morgan fingerprint density at radius 1 is 1.19 bits per heavy atom. The normalized spacial score (nSPS) is 18.9. The summed E-state index contributed by atoms with van der Waals surface area (Å²) >= 11 is 1.34. The maximum absolute atomic E-state index is 12.7. The van der Waals surface area contributed by atoms with Crippen molar-refractivity contribution in [3.05, 3.63) is 52.9 Å². The van der Waals surface area contributed by atoms with E-state index in [4.69, 9.17) is 0 Å². The molecule has 2 N–H and O–H groups in total. The van der Waals surface area contributed by atoms with Gasteiger partial charge in [0.2, 0.25) is 5.91 Å². The fourth-order valence-electron chi connectivity index (χ4n) is 3.27. The number of carbonyl (C=O) groups excluding carboxylic acids is 1. The Hall–Kier alpha value is -2.91. The highest BCUT2D eigenvalue weighted by Crippen LogP contribution is 2.40. The second-order valence-electron chi connectivity index (χ2n) is 6.20. The highest BCUT2D eigenvalue weighted by molar-refractivity contribution is 7.17. The van der Waals surface area contributed by atoms with Gasteiger partial charge >= 0.3 is 5.97 Å². The van der Waals surface area contributed by atoms with E-state index in [-0.39, 0.29) is 5.91 Å². The maximum Gasteiger partial charge on any atom is 0.307 e. The molecule has 5 nitrogen and oxygen atoms in total. The van der Waals surface area contributed by atoms with Gasteiger partial charge in [0.15, 0.2) is 0 Å². The van der Waals surface area contributed by atoms with Crippen LogP contribution in [0.4, 0.5) is 5.00 Å². The number of nitriles is 1. The highest BCUT2D eigenvalue weighted by atomic mass is 32.1. The molecular weight excluding hydrogens is 348 g/mol. The molecule has 1 aromatic heterocycles. The van der Waals surface area contributed by atoms with Gasteiger partial charge in [0, 0.05) is 10.4 Å². The van der Waals surface area contributed by atoms with Crippen molar-refractivity contribution < 1.29 is 14.7 Å². The van der Waals surface area contributed by atoms with Gasteiger partial charge in [-0.25, -0.2) is 0 Å². The van der Waals surface area contributed by atoms with Gasteiger partial charge in [-0.3, -0.25) is 9.59 Å². The zero-order chi connectivity index (χ0) is 18.7. The van der Waals surface area contributed by atoms with Crippen LogP contribution in [0, 0.1) is 30.1 Å². The van der Waals surface area contributed by atoms with E-state index in [0.29, 0.717) is 23.4 Å². The number of hydrogen-bond acceptors (Lipinski definition) is 4. The number of hydrogen-bond donors (Lipinski definition) is 2. The summed E-state index contributed by atoms with van der Waals surface area (Å²) in [4.78, 5) is 25.1. The lowest BCUT2D eigenvalue weighted by molar-refractivity contribution is -0.146. The number of allylic oxidation sites excluding steroid dienone is 2. The molecule has 1 aliphatic carbocycles. The molecule has 1 amide bonds. The van der Waals surface area contributed by atoms with E-state index in [1.165, 1.54) is 11.3 Å². The smallest absolute Gasteiger partial charge is 0.307 e. The van der Waals surface area contributed by atoms with Crippen molar-refractivity contribution in [3.63, 3.8) is 0 Å². The van der Waals surface area contributed by atoms with E-state index in [1.54, 1.807) is 6.08 Å². The van der Waals surface area contributed by atoms with Crippen molar-refractivity contribution in [1.29, 1.82) is 5.26 Å². The second kappa shape index (κ2) is 7.54. The third kappa shape index (κ3) is 3.39. The Balaban J connectivity index is 1.91. The lowest BCUT2D eigenvalue weighted by atomic mass is 9.82. The number of aliphatic carboxylic acids is 1. The Labute approximate surface area is 155 Å². The third-order valence-corrected chi connectivity index (χ3v) is 5.60. The van der Waals surface area contributed by atoms with Gasteiger partial charge in [0.25, 0.3) is 0 Å². The van der Waals surface area contributed by atoms with Gasteiger partial charge in [-0.2, -0.15) is 5.26 Å². The van der Waals surface area contributed by atoms with Gasteiger partial charge in [-0.1, -0.05) is 42.5 Å². The molecule has 0 saturated heterocycles. The van der Waals surface area contributed by atoms with Gasteiger partial charge in [0.1, 0.15) is 11.1 Å². The lowest BCUT2D eigenvalue weighted by Gasteiger charge is -2.23. The summed E-state index contributed by atoms with van der Waals surface area (Å²) in [7, 11) is 0. The minimum atomic E-state index is -0.970. The van der Waals surface area contributed by atoms with Crippen LogP contribution in [0.2, 0.25) is 0 Å². The van der Waals surface area contributed by atoms with Crippen LogP contribution in [0.15, 0.2) is 42.5 Å². The maximum atomic E-state index is 12.7. The van der Waals surface area contributed by atoms with Crippen LogP contribution in [0.1, 0.15) is 23.3 Å². The number of benzene rings is 1. The molecular formula is C20H18N2O3S. The first-order valence-corrected chi connectivity index (χ1v) is 9.12. The Kier molecular flexibility index (Phi) is 5.19. The SMILES string of the molecule is Cc1sc(NC(=O)[C@H]2CC=CC[C@@H]2C(=O)O)c(C#N)c1-c1ccccc1. The summed E-state index contributed by atoms with van der Waals surface area (Å²) < 4.78 is 0. The van der Waals surface area contributed by atoms with Crippen LogP contribution < -0.4 is 5.32 Å². The van der Waals surface area contributed by atoms with Crippen LogP contribution in [0.5, 0.6) is 0 Å². The number of carboxylic acid groups (broad SMARTS) is 1. The number of anilines is 1. The molecule has 0 saturated carbocycles. The van der Waals surface area contributed by atoms with Crippen molar-refractivity contribution >= 4 is 28.2 Å². The van der Waals surface area contributed by atoms with Crippen LogP contribution in [-0.2, 0) is 9.59 Å². The molecule has 0 fully saturated rings. The van der Waals surface area contributed by atoms with Crippen molar-refractivity contribution in [1.82, 2.24) is 0 Å². The minimum Gasteiger partial charge on any atom is -0.481 e. The van der Waals surface area contributed by atoms with Crippen LogP contribution >= 0.6 is 11.3 Å². The van der Waals surface area contributed by atoms with Crippen LogP contribution in [0.3, 0.4) is 0 Å². The quantitative estimate of drug-likeness (QED) is 0.794. The largest absolute Gasteiger partial charge is 0.481 e. The number of thiophene rings is 1. The van der Waals surface area contributed by atoms with Crippen LogP contribution in [0.25, 0.3) is 11.1 Å². The number of amides is 1. The number of carboxylic acids is 1. The van der Waals surface area contributed by atoms with Gasteiger partial charge in [-0.05, 0) is 25.3 Å². The summed E-state index contributed by atoms with van der Waals surface area (Å²) in [6.07, 6.45) is 4.37. The predicted octanol–water partition coefficient (Wildman–Crippen LogP) is 4.20. The van der Waals surface area contributed by atoms with E-state index < -0.39 is 17.8 Å². The zero-order valence-corrected chi connectivity index (χ0v) is 15.0. The molecule has 26 heavy (non-hydrogen) atoms. The molecule has 3 rings (SSSR count). The van der Waals surface area contributed by atoms with E-state index in [2.05, 4.69) is 11.4 Å². The first kappa shape index (κ1) is 17.9. The van der Waals surface area contributed by atoms with Crippen molar-refractivity contribution in [2.75, 3.05) is 5.32 Å². The Morgan fingerprint density at radius 3 is 2.46 bits per heavy atom. The van der Waals surface area contributed by atoms with E-state index in [9.17, 15) is 20.0 Å². The van der Waals surface area contributed by atoms with Gasteiger partial charge in [0.05, 0.1) is 17.4 Å². The van der Waals surface area contributed by atoms with Crippen molar-refractivity contribution in [3.8, 4) is 17.2 Å². The van der Waals surface area contributed by atoms with E-state index in [0.717, 1.165) is 16.0 Å². The summed E-state index contributed by atoms with van der Waals surface area (Å²) in [5.74, 6) is -2.69. The zero-order valence-electron chi connectivity index (χ0n) is 14.2. The topological polar surface area (TPSA) is 90.2 Å². The van der Waals surface area contributed by atoms with Crippen molar-refractivity contribution in [2.24, 2.45) is 11.8 Å². The molecule has 1 aliphatic rings. The number of aryl methyl sites for hydroxylation is 1. The monoisotopic (exact) mass is 366 g/mol. The summed E-state index contributed by atoms with van der Waals surface area (Å²) in [5, 5.41) is 22.3. The van der Waals surface area contributed by atoms with Crippen molar-refractivity contribution in [2.45, 2.75) is 19.8 Å². The molecule has 0 bridgehead atoms. The molecule has 6 heteroatoms. The van der Waals surface area contributed by atoms with Crippen LogP contribution in [-0.4, -0.2) is 17.0 Å². The lowest BCUT2D eigenvalue weighted by Crippen LogP contribution is -2.34. The van der Waals surface area contributed by atoms with Gasteiger partial charge < -0.3 is 10.4 Å². The number of carbonyl (C=O) groups is 2. The number of nitrogens with zero attached hydrogens (tertiary/aromatic N) is 1. The molecule has 2 atom stereocenters. The fourth-order valence-corrected chi connectivity index (χ4v) is 4.30. The molecule has 0 unspecified atom stereocenters. The Morgan fingerprint density at radius 2 is 1.85 bits per heavy atom. The molecule has 132 valence electrons. The Bertz CT molecular complexity index is 909. The molecule has 2 aromatic rings. The standard InChI is InChI=1S/C20H18N2O3S/c1-12-17(13-7-3-2-4-8-13)16(11-21)19(26-12)22-18(23)14-9-5-6-10-15(14)20(24)25/h2-8,14-15H,9-10H2,1H3,(H,22,23)(H,24,25)/t14-,15-/m0/s1. The predicted molar refractivity (Wildman–Crippen MR) is 101 cm³/mol. The number of rotatable bonds is 4. The third-order valence-electron chi connectivity index (χ3n) is 4.58. The fraction of sp³-hybridized carbons (Fsp3) is 0.250. The van der Waals surface area contributed by atoms with Gasteiger partial charge in [-0.15, -0.1) is 11.3 Å². The average molecular weight is 366 g/mol. The van der Waals surface area contributed by atoms with E-state index >= 15 is 0 Å². The molecule has 0 spiro atoms. The molecule has 1 heterocycles. The number of nitrogens with one attached hydrogen (secondary N) is 1. The first-order valence-electron chi connectivity index (χ1n) is 8.30. The molecule has 0 radical (unpaired) electrons. The average Bonchev–Trinajstić information content (AvgIpc) is 2.97.